The van der Waals surface area contributed by atoms with Crippen molar-refractivity contribution in [1.29, 1.82) is 0 Å². The lowest BCUT2D eigenvalue weighted by Crippen LogP contribution is -2.50. The fourth-order valence-corrected chi connectivity index (χ4v) is 4.34. The molecule has 3 aromatic rings. The first-order chi connectivity index (χ1) is 12.6. The quantitative estimate of drug-likeness (QED) is 0.699. The molecule has 0 radical (unpaired) electrons. The minimum absolute atomic E-state index is 0.0497. The molecule has 1 saturated heterocycles. The van der Waals surface area contributed by atoms with Crippen LogP contribution >= 0.6 is 22.9 Å². The lowest BCUT2D eigenvalue weighted by Gasteiger charge is -2.34. The van der Waals surface area contributed by atoms with Crippen molar-refractivity contribution >= 4 is 50.0 Å². The second kappa shape index (κ2) is 7.13. The van der Waals surface area contributed by atoms with Gasteiger partial charge in [0.15, 0.2) is 5.13 Å². The van der Waals surface area contributed by atoms with Gasteiger partial charge in [0.05, 0.1) is 10.2 Å². The molecule has 1 N–H and O–H groups in total. The number of anilines is 2. The van der Waals surface area contributed by atoms with Crippen LogP contribution in [0.4, 0.5) is 15.6 Å². The van der Waals surface area contributed by atoms with Gasteiger partial charge in [-0.15, -0.1) is 0 Å². The van der Waals surface area contributed by atoms with E-state index in [2.05, 4.69) is 10.2 Å². The predicted molar refractivity (Wildman–Crippen MR) is 109 cm³/mol. The molecule has 2 aromatic carbocycles. The third-order valence-electron chi connectivity index (χ3n) is 4.45. The topological polar surface area (TPSA) is 48.5 Å². The second-order valence-electron chi connectivity index (χ2n) is 6.38. The van der Waals surface area contributed by atoms with Gasteiger partial charge in [0.25, 0.3) is 0 Å². The lowest BCUT2D eigenvalue weighted by molar-refractivity contribution is 0.208. The van der Waals surface area contributed by atoms with Gasteiger partial charge in [-0.1, -0.05) is 35.1 Å². The van der Waals surface area contributed by atoms with Crippen LogP contribution in [0.5, 0.6) is 0 Å². The first-order valence-corrected chi connectivity index (χ1v) is 9.71. The van der Waals surface area contributed by atoms with E-state index in [0.29, 0.717) is 13.1 Å². The molecular weight excluding hydrogens is 368 g/mol. The number of amides is 2. The molecule has 26 heavy (non-hydrogen) atoms. The molecule has 1 fully saturated rings. The number of thiazole rings is 1. The number of nitrogens with zero attached hydrogens (tertiary/aromatic N) is 3. The van der Waals surface area contributed by atoms with Crippen LogP contribution in [0.3, 0.4) is 0 Å². The van der Waals surface area contributed by atoms with Crippen molar-refractivity contribution in [2.24, 2.45) is 0 Å². The van der Waals surface area contributed by atoms with Gasteiger partial charge < -0.3 is 15.1 Å². The summed E-state index contributed by atoms with van der Waals surface area (Å²) in [4.78, 5) is 21.2. The third-order valence-corrected chi connectivity index (χ3v) is 5.76. The normalized spacial score (nSPS) is 14.7. The van der Waals surface area contributed by atoms with E-state index in [4.69, 9.17) is 16.6 Å². The maximum atomic E-state index is 12.5. The first-order valence-electron chi connectivity index (χ1n) is 8.52. The minimum atomic E-state index is -0.0497. The molecule has 0 bridgehead atoms. The predicted octanol–water partition coefficient (Wildman–Crippen LogP) is 4.61. The van der Waals surface area contributed by atoms with Crippen molar-refractivity contribution in [2.75, 3.05) is 36.4 Å². The number of piperazine rings is 1. The zero-order chi connectivity index (χ0) is 18.1. The highest BCUT2D eigenvalue weighted by atomic mass is 35.5. The number of benzene rings is 2. The zero-order valence-corrected chi connectivity index (χ0v) is 16.0. The number of fused-ring (bicyclic) bond motifs is 1. The molecule has 1 aromatic heterocycles. The highest BCUT2D eigenvalue weighted by Crippen LogP contribution is 2.31. The molecule has 0 aliphatic carbocycles. The summed E-state index contributed by atoms with van der Waals surface area (Å²) in [6.07, 6.45) is 0. The van der Waals surface area contributed by atoms with Crippen molar-refractivity contribution in [3.63, 3.8) is 0 Å². The second-order valence-corrected chi connectivity index (χ2v) is 7.83. The largest absolute Gasteiger partial charge is 0.345 e. The number of halogens is 1. The molecule has 134 valence electrons. The van der Waals surface area contributed by atoms with Gasteiger partial charge in [-0.25, -0.2) is 9.78 Å². The Morgan fingerprint density at radius 1 is 1.15 bits per heavy atom. The van der Waals surface area contributed by atoms with Crippen molar-refractivity contribution in [3.8, 4) is 0 Å². The molecular formula is C19H19ClN4OS. The fourth-order valence-electron chi connectivity index (χ4n) is 3.05. The number of rotatable bonds is 2. The number of urea groups is 1. The van der Waals surface area contributed by atoms with Gasteiger partial charge in [-0.3, -0.25) is 0 Å². The lowest BCUT2D eigenvalue weighted by atomic mass is 10.2. The van der Waals surface area contributed by atoms with Crippen LogP contribution in [-0.2, 0) is 0 Å². The Balaban J connectivity index is 1.39. The summed E-state index contributed by atoms with van der Waals surface area (Å²) < 4.78 is 1.09. The standard InChI is InChI=1S/C19H19ClN4OS/c1-13-3-2-4-15(11-13)21-18(25)23-7-9-24(10-8-23)19-22-16-6-5-14(20)12-17(16)26-19/h2-6,11-12H,7-10H2,1H3,(H,21,25). The van der Waals surface area contributed by atoms with E-state index in [1.54, 1.807) is 11.3 Å². The number of hydrogen-bond donors (Lipinski definition) is 1. The van der Waals surface area contributed by atoms with Crippen molar-refractivity contribution in [3.05, 3.63) is 53.1 Å². The Hall–Kier alpha value is -2.31. The molecule has 0 spiro atoms. The van der Waals surface area contributed by atoms with Crippen LogP contribution in [0.2, 0.25) is 5.02 Å². The van der Waals surface area contributed by atoms with Gasteiger partial charge in [0.1, 0.15) is 0 Å². The summed E-state index contributed by atoms with van der Waals surface area (Å²) in [6.45, 7) is 4.91. The summed E-state index contributed by atoms with van der Waals surface area (Å²) >= 11 is 7.70. The Morgan fingerprint density at radius 3 is 2.73 bits per heavy atom. The van der Waals surface area contributed by atoms with E-state index in [0.717, 1.165) is 44.7 Å². The zero-order valence-electron chi connectivity index (χ0n) is 14.4. The SMILES string of the molecule is Cc1cccc(NC(=O)N2CCN(c3nc4ccc(Cl)cc4s3)CC2)c1. The number of aromatic nitrogens is 1. The van der Waals surface area contributed by atoms with Crippen molar-refractivity contribution in [2.45, 2.75) is 6.92 Å². The first kappa shape index (κ1) is 17.1. The molecule has 1 aliphatic rings. The van der Waals surface area contributed by atoms with Crippen LogP contribution in [0.1, 0.15) is 5.56 Å². The molecule has 0 saturated carbocycles. The number of hydrogen-bond acceptors (Lipinski definition) is 4. The van der Waals surface area contributed by atoms with Crippen LogP contribution in [0.15, 0.2) is 42.5 Å². The van der Waals surface area contributed by atoms with Crippen LogP contribution in [0.25, 0.3) is 10.2 Å². The number of carbonyl (C=O) groups is 1. The summed E-state index contributed by atoms with van der Waals surface area (Å²) in [5.74, 6) is 0. The van der Waals surface area contributed by atoms with E-state index in [9.17, 15) is 4.79 Å². The highest BCUT2D eigenvalue weighted by Gasteiger charge is 2.23. The summed E-state index contributed by atoms with van der Waals surface area (Å²) in [5, 5.41) is 4.69. The minimum Gasteiger partial charge on any atom is -0.345 e. The average molecular weight is 387 g/mol. The third kappa shape index (κ3) is 3.61. The van der Waals surface area contributed by atoms with Crippen molar-refractivity contribution in [1.82, 2.24) is 9.88 Å². The Labute approximate surface area is 161 Å². The van der Waals surface area contributed by atoms with Gasteiger partial charge in [-0.05, 0) is 42.8 Å². The van der Waals surface area contributed by atoms with Gasteiger partial charge >= 0.3 is 6.03 Å². The summed E-state index contributed by atoms with van der Waals surface area (Å²) in [6, 6.07) is 13.6. The van der Waals surface area contributed by atoms with E-state index in [1.165, 1.54) is 0 Å². The molecule has 2 heterocycles. The molecule has 2 amide bonds. The Morgan fingerprint density at radius 2 is 1.96 bits per heavy atom. The maximum Gasteiger partial charge on any atom is 0.321 e. The number of carbonyl (C=O) groups excluding carboxylic acids is 1. The molecule has 7 heteroatoms. The van der Waals surface area contributed by atoms with Gasteiger partial charge in [0, 0.05) is 36.9 Å². The molecule has 0 unspecified atom stereocenters. The molecule has 1 aliphatic heterocycles. The Kier molecular flexibility index (Phi) is 4.70. The van der Waals surface area contributed by atoms with Gasteiger partial charge in [-0.2, -0.15) is 0 Å². The molecule has 4 rings (SSSR count). The van der Waals surface area contributed by atoms with E-state index >= 15 is 0 Å². The fraction of sp³-hybridized carbons (Fsp3) is 0.263. The van der Waals surface area contributed by atoms with E-state index < -0.39 is 0 Å². The van der Waals surface area contributed by atoms with Crippen LogP contribution in [-0.4, -0.2) is 42.1 Å². The van der Waals surface area contributed by atoms with Crippen LogP contribution in [0, 0.1) is 6.92 Å². The molecule has 0 atom stereocenters. The Bertz CT molecular complexity index is 950. The van der Waals surface area contributed by atoms with Crippen LogP contribution < -0.4 is 10.2 Å². The highest BCUT2D eigenvalue weighted by molar-refractivity contribution is 7.22. The monoisotopic (exact) mass is 386 g/mol. The smallest absolute Gasteiger partial charge is 0.321 e. The van der Waals surface area contributed by atoms with E-state index in [1.807, 2.05) is 54.3 Å². The number of nitrogens with one attached hydrogen (secondary N) is 1. The van der Waals surface area contributed by atoms with Gasteiger partial charge in [0.2, 0.25) is 0 Å². The summed E-state index contributed by atoms with van der Waals surface area (Å²) in [5.41, 5.74) is 2.93. The van der Waals surface area contributed by atoms with Crippen molar-refractivity contribution < 1.29 is 4.79 Å². The van der Waals surface area contributed by atoms with E-state index in [-0.39, 0.29) is 6.03 Å². The summed E-state index contributed by atoms with van der Waals surface area (Å²) in [7, 11) is 0. The average Bonchev–Trinajstić information content (AvgIpc) is 3.05. The maximum absolute atomic E-state index is 12.5. The number of aryl methyl sites for hydroxylation is 1. The molecule has 5 nitrogen and oxygen atoms in total.